The molecule has 0 fully saturated rings. The number of amides is 1. The second kappa shape index (κ2) is 7.22. The molecule has 0 heterocycles. The Morgan fingerprint density at radius 2 is 2.18 bits per heavy atom. The summed E-state index contributed by atoms with van der Waals surface area (Å²) < 4.78 is 0. The second-order valence-corrected chi connectivity index (χ2v) is 5.11. The van der Waals surface area contributed by atoms with Gasteiger partial charge in [-0.15, -0.1) is 0 Å². The van der Waals surface area contributed by atoms with Crippen LogP contribution >= 0.6 is 11.8 Å². The maximum atomic E-state index is 11.8. The third kappa shape index (κ3) is 5.13. The minimum absolute atomic E-state index is 0.0384. The van der Waals surface area contributed by atoms with E-state index < -0.39 is 0 Å². The van der Waals surface area contributed by atoms with Crippen molar-refractivity contribution >= 4 is 23.4 Å². The number of anilines is 1. The molecule has 0 bridgehead atoms. The van der Waals surface area contributed by atoms with E-state index in [1.807, 2.05) is 31.2 Å². The van der Waals surface area contributed by atoms with Crippen LogP contribution in [0.1, 0.15) is 18.9 Å². The standard InChI is InChI=1S/C13H20N2OS/c1-10(7-8-17-2)15-13(16)9-11-5-3-4-6-12(11)14/h3-6,10H,7-9,14H2,1-2H3,(H,15,16). The summed E-state index contributed by atoms with van der Waals surface area (Å²) in [6.45, 7) is 2.03. The molecule has 0 aromatic heterocycles. The lowest BCUT2D eigenvalue weighted by molar-refractivity contribution is -0.121. The van der Waals surface area contributed by atoms with Crippen molar-refractivity contribution < 1.29 is 4.79 Å². The van der Waals surface area contributed by atoms with Gasteiger partial charge in [0, 0.05) is 11.7 Å². The molecular formula is C13H20N2OS. The van der Waals surface area contributed by atoms with Crippen molar-refractivity contribution in [3.8, 4) is 0 Å². The largest absolute Gasteiger partial charge is 0.398 e. The number of nitrogen functional groups attached to an aromatic ring is 1. The molecule has 94 valence electrons. The van der Waals surface area contributed by atoms with Gasteiger partial charge in [-0.25, -0.2) is 0 Å². The van der Waals surface area contributed by atoms with Crippen molar-refractivity contribution in [1.82, 2.24) is 5.32 Å². The molecule has 0 spiro atoms. The van der Waals surface area contributed by atoms with Crippen molar-refractivity contribution in [3.63, 3.8) is 0 Å². The Kier molecular flexibility index (Phi) is 5.91. The number of nitrogens with two attached hydrogens (primary N) is 1. The normalized spacial score (nSPS) is 12.1. The quantitative estimate of drug-likeness (QED) is 0.762. The van der Waals surface area contributed by atoms with Crippen LogP contribution in [-0.2, 0) is 11.2 Å². The van der Waals surface area contributed by atoms with Crippen molar-refractivity contribution in [1.29, 1.82) is 0 Å². The number of rotatable bonds is 6. The van der Waals surface area contributed by atoms with Gasteiger partial charge in [0.15, 0.2) is 0 Å². The Balaban J connectivity index is 2.42. The molecule has 0 radical (unpaired) electrons. The predicted octanol–water partition coefficient (Wildman–Crippen LogP) is 2.07. The molecule has 17 heavy (non-hydrogen) atoms. The molecular weight excluding hydrogens is 232 g/mol. The minimum atomic E-state index is 0.0384. The van der Waals surface area contributed by atoms with Crippen LogP contribution in [0.25, 0.3) is 0 Å². The monoisotopic (exact) mass is 252 g/mol. The van der Waals surface area contributed by atoms with Crippen LogP contribution in [0.15, 0.2) is 24.3 Å². The van der Waals surface area contributed by atoms with Crippen LogP contribution in [-0.4, -0.2) is 24.0 Å². The zero-order valence-electron chi connectivity index (χ0n) is 10.4. The fraction of sp³-hybridized carbons (Fsp3) is 0.462. The van der Waals surface area contributed by atoms with E-state index in [1.54, 1.807) is 11.8 Å². The van der Waals surface area contributed by atoms with E-state index in [1.165, 1.54) is 0 Å². The first-order valence-electron chi connectivity index (χ1n) is 5.75. The van der Waals surface area contributed by atoms with Gasteiger partial charge in [0.1, 0.15) is 0 Å². The summed E-state index contributed by atoms with van der Waals surface area (Å²) in [6.07, 6.45) is 3.42. The molecule has 1 aromatic carbocycles. The maximum absolute atomic E-state index is 11.8. The third-order valence-electron chi connectivity index (χ3n) is 2.57. The molecule has 4 heteroatoms. The molecule has 3 nitrogen and oxygen atoms in total. The lowest BCUT2D eigenvalue weighted by Crippen LogP contribution is -2.34. The van der Waals surface area contributed by atoms with Gasteiger partial charge in [-0.05, 0) is 37.0 Å². The van der Waals surface area contributed by atoms with E-state index >= 15 is 0 Å². The summed E-state index contributed by atoms with van der Waals surface area (Å²) in [5.41, 5.74) is 7.37. The fourth-order valence-electron chi connectivity index (χ4n) is 1.56. The maximum Gasteiger partial charge on any atom is 0.224 e. The molecule has 1 atom stereocenters. The van der Waals surface area contributed by atoms with Gasteiger partial charge in [-0.1, -0.05) is 18.2 Å². The highest BCUT2D eigenvalue weighted by atomic mass is 32.2. The van der Waals surface area contributed by atoms with Crippen LogP contribution in [0.2, 0.25) is 0 Å². The van der Waals surface area contributed by atoms with Gasteiger partial charge in [0.2, 0.25) is 5.91 Å². The summed E-state index contributed by atoms with van der Waals surface area (Å²) in [7, 11) is 0. The number of para-hydroxylation sites is 1. The SMILES string of the molecule is CSCCC(C)NC(=O)Cc1ccccc1N. The highest BCUT2D eigenvalue weighted by molar-refractivity contribution is 7.98. The Morgan fingerprint density at radius 3 is 2.82 bits per heavy atom. The summed E-state index contributed by atoms with van der Waals surface area (Å²) >= 11 is 1.79. The third-order valence-corrected chi connectivity index (χ3v) is 3.21. The lowest BCUT2D eigenvalue weighted by Gasteiger charge is -2.13. The zero-order chi connectivity index (χ0) is 12.7. The molecule has 0 aliphatic carbocycles. The first-order chi connectivity index (χ1) is 8.13. The molecule has 1 amide bonds. The highest BCUT2D eigenvalue weighted by Gasteiger charge is 2.09. The van der Waals surface area contributed by atoms with Gasteiger partial charge >= 0.3 is 0 Å². The van der Waals surface area contributed by atoms with Crippen LogP contribution in [0.3, 0.4) is 0 Å². The van der Waals surface area contributed by atoms with Crippen molar-refractivity contribution in [3.05, 3.63) is 29.8 Å². The molecule has 0 aliphatic rings. The van der Waals surface area contributed by atoms with Crippen LogP contribution in [0.5, 0.6) is 0 Å². The molecule has 3 N–H and O–H groups in total. The molecule has 1 unspecified atom stereocenters. The van der Waals surface area contributed by atoms with Gasteiger partial charge < -0.3 is 11.1 Å². The number of benzene rings is 1. The summed E-state index contributed by atoms with van der Waals surface area (Å²) in [5, 5.41) is 2.98. The molecule has 1 aromatic rings. The molecule has 0 saturated heterocycles. The Bertz CT molecular complexity index is 368. The van der Waals surface area contributed by atoms with E-state index in [2.05, 4.69) is 11.6 Å². The van der Waals surface area contributed by atoms with E-state index in [4.69, 9.17) is 5.73 Å². The van der Waals surface area contributed by atoms with Gasteiger partial charge in [-0.2, -0.15) is 11.8 Å². The molecule has 0 aliphatic heterocycles. The number of thioether (sulfide) groups is 1. The van der Waals surface area contributed by atoms with Crippen molar-refractivity contribution in [2.45, 2.75) is 25.8 Å². The first-order valence-corrected chi connectivity index (χ1v) is 7.14. The van der Waals surface area contributed by atoms with Crippen molar-refractivity contribution in [2.24, 2.45) is 0 Å². The number of hydrogen-bond acceptors (Lipinski definition) is 3. The number of carbonyl (C=O) groups is 1. The van der Waals surface area contributed by atoms with E-state index in [-0.39, 0.29) is 11.9 Å². The number of hydrogen-bond donors (Lipinski definition) is 2. The number of carbonyl (C=O) groups excluding carboxylic acids is 1. The second-order valence-electron chi connectivity index (χ2n) is 4.13. The summed E-state index contributed by atoms with van der Waals surface area (Å²) in [4.78, 5) is 11.8. The van der Waals surface area contributed by atoms with Gasteiger partial charge in [-0.3, -0.25) is 4.79 Å². The lowest BCUT2D eigenvalue weighted by atomic mass is 10.1. The van der Waals surface area contributed by atoms with E-state index in [0.717, 1.165) is 17.7 Å². The average molecular weight is 252 g/mol. The Morgan fingerprint density at radius 1 is 1.47 bits per heavy atom. The Hall–Kier alpha value is -1.16. The summed E-state index contributed by atoms with van der Waals surface area (Å²) in [5.74, 6) is 1.10. The minimum Gasteiger partial charge on any atom is -0.398 e. The number of nitrogens with one attached hydrogen (secondary N) is 1. The summed E-state index contributed by atoms with van der Waals surface area (Å²) in [6, 6.07) is 7.70. The van der Waals surface area contributed by atoms with Gasteiger partial charge in [0.25, 0.3) is 0 Å². The Labute approximate surface area is 107 Å². The average Bonchev–Trinajstić information content (AvgIpc) is 2.29. The fourth-order valence-corrected chi connectivity index (χ4v) is 2.15. The van der Waals surface area contributed by atoms with E-state index in [9.17, 15) is 4.79 Å². The zero-order valence-corrected chi connectivity index (χ0v) is 11.2. The topological polar surface area (TPSA) is 55.1 Å². The first kappa shape index (κ1) is 13.9. The predicted molar refractivity (Wildman–Crippen MR) is 75.2 cm³/mol. The van der Waals surface area contributed by atoms with Crippen LogP contribution < -0.4 is 11.1 Å². The molecule has 1 rings (SSSR count). The molecule has 0 saturated carbocycles. The van der Waals surface area contributed by atoms with Crippen LogP contribution in [0.4, 0.5) is 5.69 Å². The van der Waals surface area contributed by atoms with Crippen molar-refractivity contribution in [2.75, 3.05) is 17.7 Å². The highest BCUT2D eigenvalue weighted by Crippen LogP contribution is 2.11. The van der Waals surface area contributed by atoms with E-state index in [0.29, 0.717) is 12.1 Å². The smallest absolute Gasteiger partial charge is 0.224 e. The van der Waals surface area contributed by atoms with Gasteiger partial charge in [0.05, 0.1) is 6.42 Å². The van der Waals surface area contributed by atoms with Crippen LogP contribution in [0, 0.1) is 0 Å².